The van der Waals surface area contributed by atoms with E-state index in [0.717, 1.165) is 37.2 Å². The molecular formula is C19H19N3O2. The largest absolute Gasteiger partial charge is 0.478 e. The second kappa shape index (κ2) is 7.14. The molecule has 1 N–H and O–H groups in total. The lowest BCUT2D eigenvalue weighted by molar-refractivity contribution is 0.0697. The van der Waals surface area contributed by atoms with Gasteiger partial charge in [0.1, 0.15) is 6.07 Å². The molecule has 0 saturated carbocycles. The molecule has 1 aromatic carbocycles. The zero-order valence-electron chi connectivity index (χ0n) is 13.4. The van der Waals surface area contributed by atoms with E-state index in [2.05, 4.69) is 16.0 Å². The van der Waals surface area contributed by atoms with Crippen molar-refractivity contribution in [3.05, 3.63) is 47.7 Å². The Labute approximate surface area is 141 Å². The van der Waals surface area contributed by atoms with Crippen LogP contribution in [0.3, 0.4) is 0 Å². The van der Waals surface area contributed by atoms with Crippen LogP contribution in [-0.2, 0) is 0 Å². The zero-order valence-corrected chi connectivity index (χ0v) is 13.4. The minimum absolute atomic E-state index is 0.190. The third-order valence-electron chi connectivity index (χ3n) is 4.37. The zero-order chi connectivity index (χ0) is 16.9. The number of carboxylic acids is 1. The number of aromatic nitrogens is 1. The van der Waals surface area contributed by atoms with Crippen molar-refractivity contribution in [1.82, 2.24) is 4.98 Å². The molecule has 1 saturated heterocycles. The summed E-state index contributed by atoms with van der Waals surface area (Å²) in [6, 6.07) is 10.9. The molecule has 1 fully saturated rings. The molecule has 2 aromatic rings. The molecule has 0 unspecified atom stereocenters. The molecule has 0 radical (unpaired) electrons. The summed E-state index contributed by atoms with van der Waals surface area (Å²) >= 11 is 0. The molecule has 0 spiro atoms. The van der Waals surface area contributed by atoms with Crippen molar-refractivity contribution in [1.29, 1.82) is 5.26 Å². The highest BCUT2D eigenvalue weighted by Crippen LogP contribution is 2.28. The monoisotopic (exact) mass is 321 g/mol. The minimum Gasteiger partial charge on any atom is -0.478 e. The molecule has 0 bridgehead atoms. The average molecular weight is 321 g/mol. The van der Waals surface area contributed by atoms with Gasteiger partial charge in [0.25, 0.3) is 0 Å². The van der Waals surface area contributed by atoms with Crippen molar-refractivity contribution < 1.29 is 9.90 Å². The van der Waals surface area contributed by atoms with Gasteiger partial charge in [-0.25, -0.2) is 4.79 Å². The van der Waals surface area contributed by atoms with E-state index in [1.165, 1.54) is 31.2 Å². The standard InChI is InChI=1S/C19H19N3O2/c20-13-16-11-14(17-12-15(19(23)24)7-8-21-17)5-6-18(16)22-9-3-1-2-4-10-22/h5-8,11-12H,1-4,9-10H2,(H,23,24). The lowest BCUT2D eigenvalue weighted by Gasteiger charge is -2.24. The van der Waals surface area contributed by atoms with E-state index in [1.807, 2.05) is 12.1 Å². The summed E-state index contributed by atoms with van der Waals surface area (Å²) in [6.45, 7) is 1.95. The van der Waals surface area contributed by atoms with Crippen molar-refractivity contribution in [2.75, 3.05) is 18.0 Å². The van der Waals surface area contributed by atoms with E-state index in [-0.39, 0.29) is 5.56 Å². The maximum Gasteiger partial charge on any atom is 0.335 e. The summed E-state index contributed by atoms with van der Waals surface area (Å²) in [5.74, 6) is -0.986. The summed E-state index contributed by atoms with van der Waals surface area (Å²) < 4.78 is 0. The van der Waals surface area contributed by atoms with Crippen molar-refractivity contribution in [2.24, 2.45) is 0 Å². The quantitative estimate of drug-likeness (QED) is 0.932. The highest BCUT2D eigenvalue weighted by molar-refractivity contribution is 5.89. The number of hydrogen-bond acceptors (Lipinski definition) is 4. The first-order valence-electron chi connectivity index (χ1n) is 8.18. The Morgan fingerprint density at radius 3 is 2.54 bits per heavy atom. The molecule has 5 heteroatoms. The molecule has 1 aliphatic heterocycles. The lowest BCUT2D eigenvalue weighted by atomic mass is 10.0. The van der Waals surface area contributed by atoms with Crippen LogP contribution in [0.25, 0.3) is 11.3 Å². The molecule has 3 rings (SSSR count). The molecule has 5 nitrogen and oxygen atoms in total. The van der Waals surface area contributed by atoms with Crippen LogP contribution >= 0.6 is 0 Å². The van der Waals surface area contributed by atoms with Gasteiger partial charge in [-0.15, -0.1) is 0 Å². The van der Waals surface area contributed by atoms with Gasteiger partial charge < -0.3 is 10.0 Å². The highest BCUT2D eigenvalue weighted by Gasteiger charge is 2.15. The van der Waals surface area contributed by atoms with Gasteiger partial charge >= 0.3 is 5.97 Å². The molecule has 0 atom stereocenters. The minimum atomic E-state index is -0.986. The lowest BCUT2D eigenvalue weighted by Crippen LogP contribution is -2.24. The van der Waals surface area contributed by atoms with Crippen LogP contribution in [0.15, 0.2) is 36.5 Å². The van der Waals surface area contributed by atoms with Gasteiger partial charge in [-0.3, -0.25) is 4.98 Å². The van der Waals surface area contributed by atoms with E-state index in [0.29, 0.717) is 11.3 Å². The molecule has 122 valence electrons. The van der Waals surface area contributed by atoms with Crippen LogP contribution in [0, 0.1) is 11.3 Å². The number of carbonyl (C=O) groups is 1. The molecule has 0 aliphatic carbocycles. The van der Waals surface area contributed by atoms with Gasteiger partial charge in [-0.1, -0.05) is 18.9 Å². The number of nitrogens with zero attached hydrogens (tertiary/aromatic N) is 3. The van der Waals surface area contributed by atoms with Gasteiger partial charge in [-0.2, -0.15) is 5.26 Å². The number of benzene rings is 1. The first kappa shape index (κ1) is 16.0. The Hall–Kier alpha value is -2.87. The summed E-state index contributed by atoms with van der Waals surface area (Å²) in [7, 11) is 0. The molecule has 0 amide bonds. The first-order chi connectivity index (χ1) is 11.7. The molecule has 2 heterocycles. The predicted octanol–water partition coefficient (Wildman–Crippen LogP) is 3.70. The second-order valence-electron chi connectivity index (χ2n) is 5.98. The first-order valence-corrected chi connectivity index (χ1v) is 8.18. The number of nitriles is 1. The highest BCUT2D eigenvalue weighted by atomic mass is 16.4. The SMILES string of the molecule is N#Cc1cc(-c2cc(C(=O)O)ccn2)ccc1N1CCCCCC1. The molecule has 24 heavy (non-hydrogen) atoms. The van der Waals surface area contributed by atoms with Gasteiger partial charge in [0.2, 0.25) is 0 Å². The van der Waals surface area contributed by atoms with Crippen LogP contribution in [0.4, 0.5) is 5.69 Å². The van der Waals surface area contributed by atoms with Gasteiger partial charge in [0, 0.05) is 24.8 Å². The Balaban J connectivity index is 1.96. The van der Waals surface area contributed by atoms with Crippen LogP contribution in [0.1, 0.15) is 41.6 Å². The van der Waals surface area contributed by atoms with E-state index in [9.17, 15) is 10.1 Å². The number of carboxylic acid groups (broad SMARTS) is 1. The van der Waals surface area contributed by atoms with E-state index in [4.69, 9.17) is 5.11 Å². The fourth-order valence-corrected chi connectivity index (χ4v) is 3.09. The predicted molar refractivity (Wildman–Crippen MR) is 92.0 cm³/mol. The fourth-order valence-electron chi connectivity index (χ4n) is 3.09. The number of anilines is 1. The van der Waals surface area contributed by atoms with Gasteiger partial charge in [-0.05, 0) is 37.1 Å². The summed E-state index contributed by atoms with van der Waals surface area (Å²) in [4.78, 5) is 17.6. The Morgan fingerprint density at radius 1 is 1.12 bits per heavy atom. The number of rotatable bonds is 3. The maximum absolute atomic E-state index is 11.1. The van der Waals surface area contributed by atoms with Crippen molar-refractivity contribution >= 4 is 11.7 Å². The number of hydrogen-bond donors (Lipinski definition) is 1. The number of aromatic carboxylic acids is 1. The van der Waals surface area contributed by atoms with Crippen molar-refractivity contribution in [3.8, 4) is 17.3 Å². The Morgan fingerprint density at radius 2 is 1.88 bits per heavy atom. The summed E-state index contributed by atoms with van der Waals surface area (Å²) in [5.41, 5.74) is 3.08. The maximum atomic E-state index is 11.1. The molecule has 1 aliphatic rings. The normalized spacial score (nSPS) is 14.7. The summed E-state index contributed by atoms with van der Waals surface area (Å²) in [6.07, 6.45) is 6.25. The van der Waals surface area contributed by atoms with Crippen LogP contribution in [0.5, 0.6) is 0 Å². The van der Waals surface area contributed by atoms with Crippen molar-refractivity contribution in [3.63, 3.8) is 0 Å². The van der Waals surface area contributed by atoms with E-state index < -0.39 is 5.97 Å². The average Bonchev–Trinajstić information content (AvgIpc) is 2.90. The van der Waals surface area contributed by atoms with Gasteiger partial charge in [0.05, 0.1) is 22.5 Å². The Bertz CT molecular complexity index is 787. The fraction of sp³-hybridized carbons (Fsp3) is 0.316. The summed E-state index contributed by atoms with van der Waals surface area (Å²) in [5, 5.41) is 18.7. The molecular weight excluding hydrogens is 302 g/mol. The van der Waals surface area contributed by atoms with Crippen molar-refractivity contribution in [2.45, 2.75) is 25.7 Å². The van der Waals surface area contributed by atoms with Crippen LogP contribution < -0.4 is 4.90 Å². The Kier molecular flexibility index (Phi) is 4.76. The van der Waals surface area contributed by atoms with E-state index >= 15 is 0 Å². The third-order valence-corrected chi connectivity index (χ3v) is 4.37. The van der Waals surface area contributed by atoms with Crippen LogP contribution in [0.2, 0.25) is 0 Å². The third kappa shape index (κ3) is 3.38. The second-order valence-corrected chi connectivity index (χ2v) is 5.98. The van der Waals surface area contributed by atoms with E-state index in [1.54, 1.807) is 6.07 Å². The smallest absolute Gasteiger partial charge is 0.335 e. The van der Waals surface area contributed by atoms with Gasteiger partial charge in [0.15, 0.2) is 0 Å². The topological polar surface area (TPSA) is 77.2 Å². The molecule has 1 aromatic heterocycles. The number of pyridine rings is 1. The van der Waals surface area contributed by atoms with Crippen LogP contribution in [-0.4, -0.2) is 29.1 Å².